The van der Waals surface area contributed by atoms with Gasteiger partial charge < -0.3 is 10.4 Å². The highest BCUT2D eigenvalue weighted by molar-refractivity contribution is 14.1. The van der Waals surface area contributed by atoms with Crippen LogP contribution in [-0.4, -0.2) is 31.7 Å². The average molecular weight is 467 g/mol. The fourth-order valence-corrected chi connectivity index (χ4v) is 4.53. The van der Waals surface area contributed by atoms with Crippen LogP contribution in [0.4, 0.5) is 0 Å². The molecule has 0 aromatic carbocycles. The predicted octanol–water partition coefficient (Wildman–Crippen LogP) is 4.22. The summed E-state index contributed by atoms with van der Waals surface area (Å²) in [5.74, 6) is -1.03. The van der Waals surface area contributed by atoms with Crippen LogP contribution < -0.4 is 5.32 Å². The number of Topliss-reactive ketones (excluding diaryl/α,β-unsaturated/α-hetero) is 1. The van der Waals surface area contributed by atoms with E-state index in [1.165, 1.54) is 0 Å². The van der Waals surface area contributed by atoms with Gasteiger partial charge in [0.15, 0.2) is 0 Å². The minimum atomic E-state index is -0.996. The van der Waals surface area contributed by atoms with Gasteiger partial charge in [-0.1, -0.05) is 50.3 Å². The van der Waals surface area contributed by atoms with E-state index in [0.29, 0.717) is 6.42 Å². The summed E-state index contributed by atoms with van der Waals surface area (Å²) in [5, 5.41) is 12.3. The van der Waals surface area contributed by atoms with Crippen LogP contribution in [0.25, 0.3) is 0 Å². The second kappa shape index (κ2) is 7.92. The molecule has 6 heteroatoms. The summed E-state index contributed by atoms with van der Waals surface area (Å²) >= 11 is 2.02. The topological polar surface area (TPSA) is 83.5 Å². The molecule has 0 rings (SSSR count). The summed E-state index contributed by atoms with van der Waals surface area (Å²) in [6.07, 6.45) is 0.726. The lowest BCUT2D eigenvalue weighted by atomic mass is 9.73. The molecule has 0 saturated heterocycles. The monoisotopic (exact) mass is 467 g/mol. The van der Waals surface area contributed by atoms with Gasteiger partial charge >= 0.3 is 5.97 Å². The predicted molar refractivity (Wildman–Crippen MR) is 109 cm³/mol. The van der Waals surface area contributed by atoms with Gasteiger partial charge in [-0.15, -0.1) is 0 Å². The lowest BCUT2D eigenvalue weighted by Crippen LogP contribution is -2.54. The highest BCUT2D eigenvalue weighted by atomic mass is 127. The number of halogens is 1. The smallest absolute Gasteiger partial charge is 0.309 e. The summed E-state index contributed by atoms with van der Waals surface area (Å²) in [7, 11) is 0. The highest BCUT2D eigenvalue weighted by Gasteiger charge is 2.43. The van der Waals surface area contributed by atoms with Crippen LogP contribution >= 0.6 is 22.6 Å². The number of carboxylic acid groups (broad SMARTS) is 1. The fraction of sp³-hybridized carbons (Fsp3) is 0.842. The molecule has 0 aliphatic carbocycles. The third-order valence-corrected chi connectivity index (χ3v) is 5.22. The molecule has 0 radical (unpaired) electrons. The average Bonchev–Trinajstić information content (AvgIpc) is 2.33. The van der Waals surface area contributed by atoms with Crippen molar-refractivity contribution in [3.63, 3.8) is 0 Å². The maximum atomic E-state index is 12.8. The number of carbonyl (C=O) groups is 3. The van der Waals surface area contributed by atoms with Gasteiger partial charge in [0.25, 0.3) is 0 Å². The van der Waals surface area contributed by atoms with Gasteiger partial charge in [0.05, 0.1) is 8.84 Å². The number of carbonyl (C=O) groups excluding carboxylic acids is 2. The Labute approximate surface area is 165 Å². The zero-order valence-electron chi connectivity index (χ0n) is 17.0. The van der Waals surface area contributed by atoms with Gasteiger partial charge in [0, 0.05) is 16.9 Å². The lowest BCUT2D eigenvalue weighted by molar-refractivity contribution is -0.148. The first-order valence-corrected chi connectivity index (χ1v) is 9.71. The van der Waals surface area contributed by atoms with Crippen molar-refractivity contribution < 1.29 is 19.5 Å². The minimum absolute atomic E-state index is 0.0623. The Kier molecular flexibility index (Phi) is 7.72. The van der Waals surface area contributed by atoms with Crippen molar-refractivity contribution in [2.24, 2.45) is 16.7 Å². The van der Waals surface area contributed by atoms with Crippen molar-refractivity contribution in [2.75, 3.05) is 0 Å². The Morgan fingerprint density at radius 3 is 1.72 bits per heavy atom. The van der Waals surface area contributed by atoms with Gasteiger partial charge in [0.2, 0.25) is 5.91 Å². The molecule has 1 atom stereocenters. The summed E-state index contributed by atoms with van der Waals surface area (Å²) in [6, 6.07) is 0. The van der Waals surface area contributed by atoms with E-state index in [1.807, 2.05) is 64.1 Å². The summed E-state index contributed by atoms with van der Waals surface area (Å²) in [5.41, 5.74) is -2.12. The van der Waals surface area contributed by atoms with Crippen LogP contribution in [0.2, 0.25) is 0 Å². The van der Waals surface area contributed by atoms with Gasteiger partial charge in [-0.05, 0) is 47.5 Å². The normalized spacial score (nSPS) is 15.6. The third-order valence-electron chi connectivity index (χ3n) is 4.35. The Morgan fingerprint density at radius 2 is 1.36 bits per heavy atom. The first kappa shape index (κ1) is 24.3. The molecule has 1 amide bonds. The molecule has 146 valence electrons. The lowest BCUT2D eigenvalue weighted by Gasteiger charge is -2.38. The molecule has 2 N–H and O–H groups in total. The molecule has 0 aliphatic heterocycles. The van der Waals surface area contributed by atoms with E-state index in [9.17, 15) is 19.5 Å². The van der Waals surface area contributed by atoms with Crippen molar-refractivity contribution in [1.29, 1.82) is 0 Å². The maximum absolute atomic E-state index is 12.8. The molecule has 0 spiro atoms. The molecule has 1 unspecified atom stereocenters. The quantitative estimate of drug-likeness (QED) is 0.393. The number of aliphatic carboxylic acids is 1. The van der Waals surface area contributed by atoms with Crippen LogP contribution in [0.15, 0.2) is 0 Å². The fourth-order valence-electron chi connectivity index (χ4n) is 3.44. The second-order valence-electron chi connectivity index (χ2n) is 9.48. The Bertz CT molecular complexity index is 534. The van der Waals surface area contributed by atoms with Gasteiger partial charge in [0.1, 0.15) is 5.78 Å². The van der Waals surface area contributed by atoms with Crippen molar-refractivity contribution in [2.45, 2.75) is 84.1 Å². The summed E-state index contributed by atoms with van der Waals surface area (Å²) in [6.45, 7) is 16.3. The number of alkyl halides is 1. The molecule has 0 fully saturated rings. The van der Waals surface area contributed by atoms with Crippen LogP contribution in [0, 0.1) is 16.7 Å². The Morgan fingerprint density at radius 1 is 0.920 bits per heavy atom. The van der Waals surface area contributed by atoms with Crippen molar-refractivity contribution in [1.82, 2.24) is 5.32 Å². The number of amides is 1. The number of ketones is 1. The van der Waals surface area contributed by atoms with Gasteiger partial charge in [-0.25, -0.2) is 0 Å². The largest absolute Gasteiger partial charge is 0.481 e. The number of hydrogen-bond acceptors (Lipinski definition) is 3. The van der Waals surface area contributed by atoms with Crippen molar-refractivity contribution in [3.8, 4) is 0 Å². The minimum Gasteiger partial charge on any atom is -0.481 e. The second-order valence-corrected chi connectivity index (χ2v) is 11.9. The number of rotatable bonds is 9. The van der Waals surface area contributed by atoms with Crippen molar-refractivity contribution in [3.05, 3.63) is 0 Å². The molecule has 0 bridgehead atoms. The SMILES string of the molecule is CC(C)C(=O)C(C)(C)CC(C)(C)NC(=O)C(C)(I)CC(C)(C)C(=O)O. The Hall–Kier alpha value is -0.660. The molecule has 0 aromatic heterocycles. The molecule has 25 heavy (non-hydrogen) atoms. The number of carboxylic acids is 1. The molecule has 0 aliphatic rings. The van der Waals surface area contributed by atoms with Gasteiger partial charge in [-0.3, -0.25) is 14.4 Å². The molecular formula is C19H34INO4. The highest BCUT2D eigenvalue weighted by Crippen LogP contribution is 2.36. The van der Waals surface area contributed by atoms with E-state index < -0.39 is 25.8 Å². The van der Waals surface area contributed by atoms with Crippen molar-refractivity contribution >= 4 is 40.3 Å². The summed E-state index contributed by atoms with van der Waals surface area (Å²) < 4.78 is -0.858. The van der Waals surface area contributed by atoms with Crippen LogP contribution in [0.1, 0.15) is 75.2 Å². The first-order chi connectivity index (χ1) is 10.8. The number of nitrogens with one attached hydrogen (secondary N) is 1. The van der Waals surface area contributed by atoms with E-state index in [-0.39, 0.29) is 24.0 Å². The van der Waals surface area contributed by atoms with Crippen LogP contribution in [0.3, 0.4) is 0 Å². The van der Waals surface area contributed by atoms with E-state index >= 15 is 0 Å². The zero-order chi connectivity index (χ0) is 20.4. The first-order valence-electron chi connectivity index (χ1n) is 8.63. The van der Waals surface area contributed by atoms with Crippen LogP contribution in [-0.2, 0) is 14.4 Å². The standard InChI is InChI=1S/C19H34INO4/c1-12(2)13(22)16(3,4)10-18(7,8)21-14(23)19(9,20)11-17(5,6)15(24)25/h12H,10-11H2,1-9H3,(H,21,23)(H,24,25). The van der Waals surface area contributed by atoms with Gasteiger partial charge in [-0.2, -0.15) is 0 Å². The molecular weight excluding hydrogens is 433 g/mol. The van der Waals surface area contributed by atoms with E-state index in [0.717, 1.165) is 0 Å². The van der Waals surface area contributed by atoms with Crippen LogP contribution in [0.5, 0.6) is 0 Å². The maximum Gasteiger partial charge on any atom is 0.309 e. The molecule has 5 nitrogen and oxygen atoms in total. The Balaban J connectivity index is 5.19. The molecule has 0 aromatic rings. The number of hydrogen-bond donors (Lipinski definition) is 2. The molecule has 0 heterocycles. The molecule has 0 saturated carbocycles. The van der Waals surface area contributed by atoms with E-state index in [2.05, 4.69) is 5.32 Å². The van der Waals surface area contributed by atoms with E-state index in [1.54, 1.807) is 20.8 Å². The third kappa shape index (κ3) is 7.23. The van der Waals surface area contributed by atoms with E-state index in [4.69, 9.17) is 0 Å². The summed E-state index contributed by atoms with van der Waals surface area (Å²) in [4.78, 5) is 36.5. The zero-order valence-corrected chi connectivity index (χ0v) is 19.2.